The molecule has 0 radical (unpaired) electrons. The van der Waals surface area contributed by atoms with Gasteiger partial charge in [0.1, 0.15) is 5.82 Å². The predicted octanol–water partition coefficient (Wildman–Crippen LogP) is 1.81. The average molecular weight is 294 g/mol. The van der Waals surface area contributed by atoms with Crippen LogP contribution in [0.15, 0.2) is 12.1 Å². The van der Waals surface area contributed by atoms with E-state index in [0.717, 1.165) is 0 Å². The summed E-state index contributed by atoms with van der Waals surface area (Å²) in [5.74, 6) is 2.10. The molecule has 106 valence electrons. The molecule has 0 aliphatic carbocycles. The fourth-order valence-corrected chi connectivity index (χ4v) is 2.01. The number of methoxy groups -OCH3 is 3. The number of aromatic nitrogens is 3. The summed E-state index contributed by atoms with van der Waals surface area (Å²) >= 11 is 4.96. The van der Waals surface area contributed by atoms with Crippen LogP contribution in [0.25, 0.3) is 11.4 Å². The smallest absolute Gasteiger partial charge is 0.224 e. The third kappa shape index (κ3) is 2.50. The Morgan fingerprint density at radius 1 is 1.05 bits per heavy atom. The second kappa shape index (κ2) is 5.74. The number of aromatic amines is 1. The van der Waals surface area contributed by atoms with Crippen molar-refractivity contribution in [2.45, 2.75) is 0 Å². The molecule has 0 fully saturated rings. The number of hydrogen-bond donors (Lipinski definition) is 2. The number of hydrogen-bond acceptors (Lipinski definition) is 7. The van der Waals surface area contributed by atoms with Crippen molar-refractivity contribution in [2.24, 2.45) is 0 Å². The maximum absolute atomic E-state index is 5.64. The molecule has 0 aliphatic heterocycles. The molecule has 1 heterocycles. The fraction of sp³-hybridized carbons (Fsp3) is 0.250. The zero-order valence-electron chi connectivity index (χ0n) is 11.3. The van der Waals surface area contributed by atoms with Gasteiger partial charge in [-0.15, -0.1) is 0 Å². The minimum Gasteiger partial charge on any atom is -0.493 e. The van der Waals surface area contributed by atoms with Crippen LogP contribution in [-0.4, -0.2) is 36.3 Å². The summed E-state index contributed by atoms with van der Waals surface area (Å²) in [6, 6.07) is 3.51. The Morgan fingerprint density at radius 3 is 2.30 bits per heavy atom. The van der Waals surface area contributed by atoms with Crippen molar-refractivity contribution in [2.75, 3.05) is 27.1 Å². The van der Waals surface area contributed by atoms with E-state index in [1.54, 1.807) is 19.2 Å². The summed E-state index contributed by atoms with van der Waals surface area (Å²) < 4.78 is 16.1. The molecule has 3 N–H and O–H groups in total. The molecule has 0 amide bonds. The van der Waals surface area contributed by atoms with Crippen molar-refractivity contribution in [3.05, 3.63) is 16.9 Å². The van der Waals surface area contributed by atoms with Crippen LogP contribution in [0.1, 0.15) is 0 Å². The molecule has 7 nitrogen and oxygen atoms in total. The molecule has 0 aliphatic rings. The number of ether oxygens (including phenoxy) is 3. The minimum atomic E-state index is 0.146. The predicted molar refractivity (Wildman–Crippen MR) is 76.7 cm³/mol. The molecule has 0 unspecified atom stereocenters. The normalized spacial score (nSPS) is 10.2. The average Bonchev–Trinajstić information content (AvgIpc) is 2.44. The molecule has 0 saturated carbocycles. The van der Waals surface area contributed by atoms with Gasteiger partial charge in [0.2, 0.25) is 16.5 Å². The van der Waals surface area contributed by atoms with E-state index in [1.807, 2.05) is 0 Å². The van der Waals surface area contributed by atoms with Crippen LogP contribution in [-0.2, 0) is 0 Å². The summed E-state index contributed by atoms with van der Waals surface area (Å²) in [6.07, 6.45) is 0. The minimum absolute atomic E-state index is 0.146. The van der Waals surface area contributed by atoms with Gasteiger partial charge in [-0.05, 0) is 24.4 Å². The van der Waals surface area contributed by atoms with Crippen molar-refractivity contribution in [3.8, 4) is 28.6 Å². The molecule has 8 heteroatoms. The van der Waals surface area contributed by atoms with E-state index < -0.39 is 0 Å². The molecule has 2 rings (SSSR count). The number of rotatable bonds is 4. The highest BCUT2D eigenvalue weighted by Crippen LogP contribution is 2.43. The number of anilines is 1. The van der Waals surface area contributed by atoms with E-state index in [-0.39, 0.29) is 10.7 Å². The lowest BCUT2D eigenvalue weighted by Gasteiger charge is -2.15. The van der Waals surface area contributed by atoms with Crippen LogP contribution in [0, 0.1) is 4.77 Å². The first-order valence-electron chi connectivity index (χ1n) is 5.64. The Morgan fingerprint density at radius 2 is 1.75 bits per heavy atom. The van der Waals surface area contributed by atoms with Gasteiger partial charge in [-0.1, -0.05) is 0 Å². The van der Waals surface area contributed by atoms with Gasteiger partial charge in [-0.25, -0.2) is 4.98 Å². The van der Waals surface area contributed by atoms with Crippen LogP contribution in [0.4, 0.5) is 5.95 Å². The van der Waals surface area contributed by atoms with E-state index in [4.69, 9.17) is 32.2 Å². The first-order valence-corrected chi connectivity index (χ1v) is 6.04. The number of benzene rings is 1. The number of nitrogens with one attached hydrogen (secondary N) is 1. The van der Waals surface area contributed by atoms with Crippen LogP contribution in [0.5, 0.6) is 17.2 Å². The third-order valence-electron chi connectivity index (χ3n) is 2.63. The Labute approximate surface area is 120 Å². The standard InChI is InChI=1S/C12H14N4O3S/c1-17-7-5-4-6(8(18-2)9(7)19-3)10-14-11(13)16-12(20)15-10/h4-5H,1-3H3,(H3,13,14,15,16,20). The van der Waals surface area contributed by atoms with Crippen molar-refractivity contribution in [1.82, 2.24) is 15.0 Å². The van der Waals surface area contributed by atoms with Gasteiger partial charge in [0, 0.05) is 0 Å². The Bertz CT molecular complexity index is 687. The van der Waals surface area contributed by atoms with Gasteiger partial charge in [0.05, 0.1) is 26.9 Å². The SMILES string of the molecule is COc1ccc(-c2nc(=S)nc(N)[nH]2)c(OC)c1OC. The molecule has 20 heavy (non-hydrogen) atoms. The van der Waals surface area contributed by atoms with E-state index >= 15 is 0 Å². The van der Waals surface area contributed by atoms with Gasteiger partial charge < -0.3 is 24.9 Å². The van der Waals surface area contributed by atoms with Crippen LogP contribution in [0.3, 0.4) is 0 Å². The van der Waals surface area contributed by atoms with Crippen LogP contribution in [0.2, 0.25) is 0 Å². The van der Waals surface area contributed by atoms with Gasteiger partial charge in [0.15, 0.2) is 11.5 Å². The van der Waals surface area contributed by atoms with Crippen molar-refractivity contribution in [1.29, 1.82) is 0 Å². The number of nitrogens with zero attached hydrogens (tertiary/aromatic N) is 2. The van der Waals surface area contributed by atoms with E-state index in [9.17, 15) is 0 Å². The Kier molecular flexibility index (Phi) is 4.04. The molecule has 1 aromatic carbocycles. The Balaban J connectivity index is 2.70. The van der Waals surface area contributed by atoms with E-state index in [2.05, 4.69) is 15.0 Å². The van der Waals surface area contributed by atoms with E-state index in [1.165, 1.54) is 14.2 Å². The van der Waals surface area contributed by atoms with Gasteiger partial charge in [-0.2, -0.15) is 4.98 Å². The number of nitrogen functional groups attached to an aromatic ring is 1. The number of H-pyrrole nitrogens is 1. The maximum atomic E-state index is 5.64. The molecule has 0 atom stereocenters. The Hall–Kier alpha value is -2.35. The van der Waals surface area contributed by atoms with E-state index in [0.29, 0.717) is 28.6 Å². The monoisotopic (exact) mass is 294 g/mol. The summed E-state index contributed by atoms with van der Waals surface area (Å²) in [6.45, 7) is 0. The molecule has 2 aromatic rings. The highest BCUT2D eigenvalue weighted by molar-refractivity contribution is 7.71. The zero-order chi connectivity index (χ0) is 14.7. The topological polar surface area (TPSA) is 95.3 Å². The van der Waals surface area contributed by atoms with Crippen LogP contribution >= 0.6 is 12.2 Å². The maximum Gasteiger partial charge on any atom is 0.224 e. The van der Waals surface area contributed by atoms with Gasteiger partial charge in [-0.3, -0.25) is 0 Å². The largest absolute Gasteiger partial charge is 0.493 e. The third-order valence-corrected chi connectivity index (χ3v) is 2.81. The highest BCUT2D eigenvalue weighted by Gasteiger charge is 2.18. The molecule has 0 spiro atoms. The summed E-state index contributed by atoms with van der Waals surface area (Å²) in [7, 11) is 4.60. The lowest BCUT2D eigenvalue weighted by molar-refractivity contribution is 0.325. The van der Waals surface area contributed by atoms with Crippen molar-refractivity contribution in [3.63, 3.8) is 0 Å². The summed E-state index contributed by atoms with van der Waals surface area (Å²) in [5.41, 5.74) is 6.29. The quantitative estimate of drug-likeness (QED) is 0.830. The summed E-state index contributed by atoms with van der Waals surface area (Å²) in [4.78, 5) is 10.8. The molecule has 0 saturated heterocycles. The fourth-order valence-electron chi connectivity index (χ4n) is 1.82. The first-order chi connectivity index (χ1) is 9.60. The number of nitrogens with two attached hydrogens (primary N) is 1. The van der Waals surface area contributed by atoms with Crippen molar-refractivity contribution >= 4 is 18.2 Å². The van der Waals surface area contributed by atoms with Gasteiger partial charge in [0.25, 0.3) is 0 Å². The molecule has 0 bridgehead atoms. The molecular weight excluding hydrogens is 280 g/mol. The first kappa shape index (κ1) is 14.1. The second-order valence-electron chi connectivity index (χ2n) is 3.75. The lowest BCUT2D eigenvalue weighted by Crippen LogP contribution is -2.02. The van der Waals surface area contributed by atoms with Crippen molar-refractivity contribution < 1.29 is 14.2 Å². The second-order valence-corrected chi connectivity index (χ2v) is 4.11. The van der Waals surface area contributed by atoms with Crippen LogP contribution < -0.4 is 19.9 Å². The molecule has 1 aromatic heterocycles. The highest BCUT2D eigenvalue weighted by atomic mass is 32.1. The lowest BCUT2D eigenvalue weighted by atomic mass is 10.1. The van der Waals surface area contributed by atoms with Gasteiger partial charge >= 0.3 is 0 Å². The zero-order valence-corrected chi connectivity index (χ0v) is 12.1. The summed E-state index contributed by atoms with van der Waals surface area (Å²) in [5, 5.41) is 0. The molecular formula is C12H14N4O3S.